The van der Waals surface area contributed by atoms with E-state index in [2.05, 4.69) is 15.3 Å². The predicted molar refractivity (Wildman–Crippen MR) is 78.5 cm³/mol. The molecule has 0 radical (unpaired) electrons. The number of anilines is 1. The molecular formula is C15H17N3O3. The Morgan fingerprint density at radius 3 is 2.95 bits per heavy atom. The van der Waals surface area contributed by atoms with Gasteiger partial charge in [-0.05, 0) is 24.6 Å². The zero-order chi connectivity index (χ0) is 15.1. The third-order valence-electron chi connectivity index (χ3n) is 2.72. The quantitative estimate of drug-likeness (QED) is 0.814. The van der Waals surface area contributed by atoms with Crippen molar-refractivity contribution >= 4 is 11.8 Å². The van der Waals surface area contributed by atoms with Crippen LogP contribution in [0.2, 0.25) is 0 Å². The second-order valence-corrected chi connectivity index (χ2v) is 4.38. The fraction of sp³-hybridized carbons (Fsp3) is 0.267. The van der Waals surface area contributed by atoms with Crippen molar-refractivity contribution in [2.24, 2.45) is 0 Å². The molecule has 0 atom stereocenters. The van der Waals surface area contributed by atoms with Crippen LogP contribution in [0, 0.1) is 0 Å². The Morgan fingerprint density at radius 1 is 1.33 bits per heavy atom. The minimum atomic E-state index is -1.05. The number of pyridine rings is 2. The van der Waals surface area contributed by atoms with Crippen LogP contribution in [0.4, 0.5) is 5.82 Å². The molecule has 0 unspecified atom stereocenters. The largest absolute Gasteiger partial charge is 0.477 e. The fourth-order valence-electron chi connectivity index (χ4n) is 1.73. The van der Waals surface area contributed by atoms with Crippen LogP contribution in [-0.2, 0) is 6.54 Å². The standard InChI is InChI=1S/C15H17N3O3/c1-2-9-21-14-11(5-4-8-16-14)10-17-13-7-3-6-12(18-13)15(19)20/h3-8H,2,9-10H2,1H3,(H,17,18)(H,19,20). The van der Waals surface area contributed by atoms with Crippen molar-refractivity contribution in [3.63, 3.8) is 0 Å². The smallest absolute Gasteiger partial charge is 0.354 e. The van der Waals surface area contributed by atoms with E-state index in [1.807, 2.05) is 19.1 Å². The van der Waals surface area contributed by atoms with Gasteiger partial charge in [-0.25, -0.2) is 14.8 Å². The highest BCUT2D eigenvalue weighted by molar-refractivity contribution is 5.85. The summed E-state index contributed by atoms with van der Waals surface area (Å²) in [6.45, 7) is 3.10. The molecule has 6 nitrogen and oxygen atoms in total. The van der Waals surface area contributed by atoms with Crippen LogP contribution < -0.4 is 10.1 Å². The molecule has 0 fully saturated rings. The highest BCUT2D eigenvalue weighted by Crippen LogP contribution is 2.16. The Kier molecular flexibility index (Phi) is 5.09. The molecule has 2 heterocycles. The first-order chi connectivity index (χ1) is 10.2. The van der Waals surface area contributed by atoms with Gasteiger partial charge < -0.3 is 15.2 Å². The number of rotatable bonds is 7. The number of ether oxygens (including phenoxy) is 1. The van der Waals surface area contributed by atoms with Gasteiger partial charge in [0.25, 0.3) is 0 Å². The molecule has 0 bridgehead atoms. The minimum Gasteiger partial charge on any atom is -0.477 e. The average molecular weight is 287 g/mol. The van der Waals surface area contributed by atoms with Gasteiger partial charge in [-0.2, -0.15) is 0 Å². The lowest BCUT2D eigenvalue weighted by Crippen LogP contribution is -2.08. The zero-order valence-electron chi connectivity index (χ0n) is 11.7. The summed E-state index contributed by atoms with van der Waals surface area (Å²) in [6.07, 6.45) is 2.59. The second-order valence-electron chi connectivity index (χ2n) is 4.38. The average Bonchev–Trinajstić information content (AvgIpc) is 2.52. The lowest BCUT2D eigenvalue weighted by atomic mass is 10.2. The molecule has 21 heavy (non-hydrogen) atoms. The Morgan fingerprint density at radius 2 is 2.19 bits per heavy atom. The van der Waals surface area contributed by atoms with Gasteiger partial charge in [0.15, 0.2) is 5.69 Å². The molecule has 2 aromatic rings. The monoisotopic (exact) mass is 287 g/mol. The molecule has 0 aliphatic carbocycles. The Labute approximate surface area is 122 Å². The maximum Gasteiger partial charge on any atom is 0.354 e. The first-order valence-corrected chi connectivity index (χ1v) is 6.71. The summed E-state index contributed by atoms with van der Waals surface area (Å²) in [5.41, 5.74) is 0.905. The summed E-state index contributed by atoms with van der Waals surface area (Å²) < 4.78 is 5.57. The number of aromatic carboxylic acids is 1. The molecule has 0 spiro atoms. The van der Waals surface area contributed by atoms with Crippen molar-refractivity contribution in [2.75, 3.05) is 11.9 Å². The van der Waals surface area contributed by atoms with E-state index in [1.54, 1.807) is 18.3 Å². The fourth-order valence-corrected chi connectivity index (χ4v) is 1.73. The third-order valence-corrected chi connectivity index (χ3v) is 2.72. The number of carboxylic acid groups (broad SMARTS) is 1. The minimum absolute atomic E-state index is 0.00800. The Balaban J connectivity index is 2.06. The lowest BCUT2D eigenvalue weighted by molar-refractivity contribution is 0.0690. The van der Waals surface area contributed by atoms with Crippen molar-refractivity contribution in [1.29, 1.82) is 0 Å². The lowest BCUT2D eigenvalue weighted by Gasteiger charge is -2.11. The van der Waals surface area contributed by atoms with Gasteiger partial charge >= 0.3 is 5.97 Å². The number of hydrogen-bond acceptors (Lipinski definition) is 5. The molecule has 0 saturated carbocycles. The van der Waals surface area contributed by atoms with Crippen molar-refractivity contribution < 1.29 is 14.6 Å². The normalized spacial score (nSPS) is 10.1. The van der Waals surface area contributed by atoms with Crippen LogP contribution in [0.15, 0.2) is 36.5 Å². The van der Waals surface area contributed by atoms with Gasteiger partial charge in [0.05, 0.1) is 6.61 Å². The zero-order valence-corrected chi connectivity index (χ0v) is 11.7. The number of nitrogens with one attached hydrogen (secondary N) is 1. The van der Waals surface area contributed by atoms with Gasteiger partial charge in [-0.3, -0.25) is 0 Å². The van der Waals surface area contributed by atoms with E-state index >= 15 is 0 Å². The van der Waals surface area contributed by atoms with Gasteiger partial charge in [0.2, 0.25) is 5.88 Å². The molecule has 2 rings (SSSR count). The van der Waals surface area contributed by atoms with E-state index < -0.39 is 5.97 Å². The molecule has 0 saturated heterocycles. The molecule has 110 valence electrons. The Bertz CT molecular complexity index is 617. The number of carboxylic acids is 1. The van der Waals surface area contributed by atoms with E-state index in [-0.39, 0.29) is 5.69 Å². The van der Waals surface area contributed by atoms with E-state index in [0.717, 1.165) is 12.0 Å². The molecular weight excluding hydrogens is 270 g/mol. The molecule has 0 amide bonds. The van der Waals surface area contributed by atoms with Crippen molar-refractivity contribution in [3.05, 3.63) is 47.8 Å². The summed E-state index contributed by atoms with van der Waals surface area (Å²) in [7, 11) is 0. The van der Waals surface area contributed by atoms with Crippen LogP contribution in [-0.4, -0.2) is 27.7 Å². The van der Waals surface area contributed by atoms with Gasteiger partial charge in [-0.15, -0.1) is 0 Å². The van der Waals surface area contributed by atoms with Crippen LogP contribution in [0.1, 0.15) is 29.4 Å². The number of aromatic nitrogens is 2. The van der Waals surface area contributed by atoms with Gasteiger partial charge in [0, 0.05) is 18.3 Å². The number of carbonyl (C=O) groups is 1. The highest BCUT2D eigenvalue weighted by atomic mass is 16.5. The van der Waals surface area contributed by atoms with Crippen LogP contribution in [0.25, 0.3) is 0 Å². The van der Waals surface area contributed by atoms with Crippen molar-refractivity contribution in [2.45, 2.75) is 19.9 Å². The van der Waals surface area contributed by atoms with E-state index in [1.165, 1.54) is 6.07 Å². The topological polar surface area (TPSA) is 84.3 Å². The van der Waals surface area contributed by atoms with E-state index in [4.69, 9.17) is 9.84 Å². The molecule has 2 aromatic heterocycles. The van der Waals surface area contributed by atoms with Gasteiger partial charge in [0.1, 0.15) is 5.82 Å². The third kappa shape index (κ3) is 4.17. The SMILES string of the molecule is CCCOc1ncccc1CNc1cccc(C(=O)O)n1. The van der Waals surface area contributed by atoms with Gasteiger partial charge in [-0.1, -0.05) is 19.1 Å². The van der Waals surface area contributed by atoms with Crippen LogP contribution >= 0.6 is 0 Å². The first-order valence-electron chi connectivity index (χ1n) is 6.71. The maximum absolute atomic E-state index is 10.9. The summed E-state index contributed by atoms with van der Waals surface area (Å²) in [5, 5.41) is 12.0. The summed E-state index contributed by atoms with van der Waals surface area (Å²) in [4.78, 5) is 19.1. The van der Waals surface area contributed by atoms with Crippen LogP contribution in [0.5, 0.6) is 5.88 Å². The molecule has 2 N–H and O–H groups in total. The molecule has 0 aliphatic rings. The number of nitrogens with zero attached hydrogens (tertiary/aromatic N) is 2. The van der Waals surface area contributed by atoms with Crippen molar-refractivity contribution in [1.82, 2.24) is 9.97 Å². The summed E-state index contributed by atoms with van der Waals surface area (Å²) in [6, 6.07) is 8.56. The van der Waals surface area contributed by atoms with Crippen molar-refractivity contribution in [3.8, 4) is 5.88 Å². The van der Waals surface area contributed by atoms with E-state index in [0.29, 0.717) is 24.8 Å². The highest BCUT2D eigenvalue weighted by Gasteiger charge is 2.07. The van der Waals surface area contributed by atoms with E-state index in [9.17, 15) is 4.79 Å². The molecule has 6 heteroatoms. The second kappa shape index (κ2) is 7.23. The maximum atomic E-state index is 10.9. The first kappa shape index (κ1) is 14.8. The van der Waals surface area contributed by atoms with Crippen LogP contribution in [0.3, 0.4) is 0 Å². The number of hydrogen-bond donors (Lipinski definition) is 2. The summed E-state index contributed by atoms with van der Waals surface area (Å²) in [5.74, 6) is 0.0356. The molecule has 0 aromatic carbocycles. The molecule has 0 aliphatic heterocycles. The summed E-state index contributed by atoms with van der Waals surface area (Å²) >= 11 is 0. The predicted octanol–water partition coefficient (Wildman–Crippen LogP) is 2.58. The Hall–Kier alpha value is -2.63.